The van der Waals surface area contributed by atoms with Crippen LogP contribution in [-0.4, -0.2) is 4.98 Å². The highest BCUT2D eigenvalue weighted by Gasteiger charge is 2.13. The number of hydrazine groups is 1. The van der Waals surface area contributed by atoms with Crippen LogP contribution in [0.5, 0.6) is 0 Å². The number of nitrogens with two attached hydrogens (primary N) is 1. The Hall–Kier alpha value is -0.270. The third kappa shape index (κ3) is 3.59. The smallest absolute Gasteiger partial charge is 0.0680 e. The summed E-state index contributed by atoms with van der Waals surface area (Å²) in [6.45, 7) is 0. The molecule has 0 saturated carbocycles. The van der Waals surface area contributed by atoms with Crippen molar-refractivity contribution in [3.63, 3.8) is 0 Å². The van der Waals surface area contributed by atoms with Crippen molar-refractivity contribution in [2.45, 2.75) is 12.5 Å². The lowest BCUT2D eigenvalue weighted by atomic mass is 10.1. The number of nitrogens with one attached hydrogen (secondary N) is 1. The van der Waals surface area contributed by atoms with Crippen LogP contribution in [0.4, 0.5) is 0 Å². The quantitative estimate of drug-likeness (QED) is 0.634. The Morgan fingerprint density at radius 1 is 1.35 bits per heavy atom. The van der Waals surface area contributed by atoms with Gasteiger partial charge in [-0.3, -0.25) is 16.3 Å². The van der Waals surface area contributed by atoms with Gasteiger partial charge in [0, 0.05) is 31.8 Å². The molecule has 2 rings (SSSR count). The van der Waals surface area contributed by atoms with Crippen molar-refractivity contribution in [2.24, 2.45) is 5.84 Å². The molecule has 6 heteroatoms. The van der Waals surface area contributed by atoms with Crippen molar-refractivity contribution < 1.29 is 0 Å². The molecule has 0 amide bonds. The SMILES string of the molecule is NNC(Cc1cc(Br)cs1)c1ccc(Br)cn1. The molecule has 90 valence electrons. The van der Waals surface area contributed by atoms with Gasteiger partial charge in [0.05, 0.1) is 11.7 Å². The fraction of sp³-hybridized carbons (Fsp3) is 0.182. The highest BCUT2D eigenvalue weighted by Crippen LogP contribution is 2.25. The number of nitrogens with zero attached hydrogens (tertiary/aromatic N) is 1. The largest absolute Gasteiger partial charge is 0.271 e. The van der Waals surface area contributed by atoms with Crippen LogP contribution in [-0.2, 0) is 6.42 Å². The van der Waals surface area contributed by atoms with Crippen molar-refractivity contribution in [1.82, 2.24) is 10.4 Å². The van der Waals surface area contributed by atoms with Gasteiger partial charge in [-0.1, -0.05) is 0 Å². The fourth-order valence-corrected chi connectivity index (χ4v) is 3.24. The normalized spacial score (nSPS) is 12.6. The van der Waals surface area contributed by atoms with E-state index in [2.05, 4.69) is 53.7 Å². The molecule has 2 aromatic heterocycles. The second kappa shape index (κ2) is 6.06. The van der Waals surface area contributed by atoms with Crippen molar-refractivity contribution in [2.75, 3.05) is 0 Å². The summed E-state index contributed by atoms with van der Waals surface area (Å²) >= 11 is 8.53. The van der Waals surface area contributed by atoms with E-state index in [-0.39, 0.29) is 6.04 Å². The van der Waals surface area contributed by atoms with Gasteiger partial charge in [0.1, 0.15) is 0 Å². The molecule has 0 aliphatic heterocycles. The number of hydrogen-bond donors (Lipinski definition) is 2. The average Bonchev–Trinajstić information content (AvgIpc) is 2.73. The molecule has 3 N–H and O–H groups in total. The van der Waals surface area contributed by atoms with E-state index >= 15 is 0 Å². The van der Waals surface area contributed by atoms with Crippen LogP contribution in [0.2, 0.25) is 0 Å². The minimum Gasteiger partial charge on any atom is -0.271 e. The first-order chi connectivity index (χ1) is 8.19. The monoisotopic (exact) mass is 375 g/mol. The zero-order valence-corrected chi connectivity index (χ0v) is 12.8. The Morgan fingerprint density at radius 3 is 2.71 bits per heavy atom. The van der Waals surface area contributed by atoms with Crippen LogP contribution in [0, 0.1) is 0 Å². The van der Waals surface area contributed by atoms with Gasteiger partial charge < -0.3 is 0 Å². The van der Waals surface area contributed by atoms with E-state index in [9.17, 15) is 0 Å². The Bertz CT molecular complexity index is 484. The fourth-order valence-electron chi connectivity index (χ4n) is 1.50. The standard InChI is InChI=1S/C11H11Br2N3S/c12-7-1-2-10(15-5-7)11(16-14)4-9-3-8(13)6-17-9/h1-3,5-6,11,16H,4,14H2. The molecule has 1 atom stereocenters. The molecular formula is C11H11Br2N3S. The van der Waals surface area contributed by atoms with E-state index in [0.29, 0.717) is 0 Å². The lowest BCUT2D eigenvalue weighted by Gasteiger charge is -2.14. The van der Waals surface area contributed by atoms with Crippen LogP contribution in [0.15, 0.2) is 38.7 Å². The highest BCUT2D eigenvalue weighted by molar-refractivity contribution is 9.10. The molecule has 2 heterocycles. The number of rotatable bonds is 4. The number of thiophene rings is 1. The van der Waals surface area contributed by atoms with Crippen LogP contribution >= 0.6 is 43.2 Å². The third-order valence-electron chi connectivity index (χ3n) is 2.34. The molecule has 0 aromatic carbocycles. The molecule has 0 aliphatic carbocycles. The van der Waals surface area contributed by atoms with Gasteiger partial charge in [-0.05, 0) is 50.1 Å². The Kier molecular flexibility index (Phi) is 4.69. The first-order valence-electron chi connectivity index (χ1n) is 4.99. The van der Waals surface area contributed by atoms with Gasteiger partial charge in [0.15, 0.2) is 0 Å². The molecule has 17 heavy (non-hydrogen) atoms. The van der Waals surface area contributed by atoms with E-state index in [4.69, 9.17) is 5.84 Å². The molecule has 0 fully saturated rings. The van der Waals surface area contributed by atoms with Crippen molar-refractivity contribution in [3.8, 4) is 0 Å². The van der Waals surface area contributed by atoms with Crippen molar-refractivity contribution in [1.29, 1.82) is 0 Å². The maximum absolute atomic E-state index is 5.59. The Labute approximate surface area is 121 Å². The van der Waals surface area contributed by atoms with E-state index in [0.717, 1.165) is 21.1 Å². The number of pyridine rings is 1. The Morgan fingerprint density at radius 2 is 2.18 bits per heavy atom. The van der Waals surface area contributed by atoms with Gasteiger partial charge in [-0.15, -0.1) is 11.3 Å². The molecule has 3 nitrogen and oxygen atoms in total. The summed E-state index contributed by atoms with van der Waals surface area (Å²) in [7, 11) is 0. The molecule has 2 aromatic rings. The van der Waals surface area contributed by atoms with Crippen LogP contribution in [0.1, 0.15) is 16.6 Å². The predicted molar refractivity (Wildman–Crippen MR) is 77.7 cm³/mol. The second-order valence-corrected chi connectivity index (χ2v) is 6.38. The average molecular weight is 377 g/mol. The summed E-state index contributed by atoms with van der Waals surface area (Å²) in [5.74, 6) is 5.59. The maximum Gasteiger partial charge on any atom is 0.0680 e. The molecule has 0 spiro atoms. The molecule has 0 aliphatic rings. The highest BCUT2D eigenvalue weighted by atomic mass is 79.9. The van der Waals surface area contributed by atoms with Crippen LogP contribution in [0.3, 0.4) is 0 Å². The van der Waals surface area contributed by atoms with Gasteiger partial charge in [0.25, 0.3) is 0 Å². The second-order valence-electron chi connectivity index (χ2n) is 3.56. The van der Waals surface area contributed by atoms with Crippen LogP contribution < -0.4 is 11.3 Å². The summed E-state index contributed by atoms with van der Waals surface area (Å²) in [4.78, 5) is 5.62. The first kappa shape index (κ1) is 13.2. The summed E-state index contributed by atoms with van der Waals surface area (Å²) in [5.41, 5.74) is 3.75. The van der Waals surface area contributed by atoms with E-state index in [1.807, 2.05) is 12.1 Å². The predicted octanol–water partition coefficient (Wildman–Crippen LogP) is 3.42. The maximum atomic E-state index is 5.59. The summed E-state index contributed by atoms with van der Waals surface area (Å²) in [6, 6.07) is 6.08. The van der Waals surface area contributed by atoms with Gasteiger partial charge in [0.2, 0.25) is 0 Å². The topological polar surface area (TPSA) is 50.9 Å². The zero-order chi connectivity index (χ0) is 12.3. The third-order valence-corrected chi connectivity index (χ3v) is 4.52. The lowest BCUT2D eigenvalue weighted by Crippen LogP contribution is -2.30. The molecule has 1 unspecified atom stereocenters. The first-order valence-corrected chi connectivity index (χ1v) is 7.46. The summed E-state index contributed by atoms with van der Waals surface area (Å²) < 4.78 is 2.08. The van der Waals surface area contributed by atoms with Gasteiger partial charge in [-0.25, -0.2) is 0 Å². The molecular weight excluding hydrogens is 366 g/mol. The van der Waals surface area contributed by atoms with Crippen LogP contribution in [0.25, 0.3) is 0 Å². The number of aromatic nitrogens is 1. The van der Waals surface area contributed by atoms with E-state index in [1.54, 1.807) is 17.5 Å². The van der Waals surface area contributed by atoms with Crippen molar-refractivity contribution in [3.05, 3.63) is 49.3 Å². The molecule has 0 saturated heterocycles. The number of hydrogen-bond acceptors (Lipinski definition) is 4. The van der Waals surface area contributed by atoms with E-state index in [1.165, 1.54) is 4.88 Å². The minimum atomic E-state index is 0.0358. The zero-order valence-electron chi connectivity index (χ0n) is 8.86. The summed E-state index contributed by atoms with van der Waals surface area (Å²) in [5, 5.41) is 2.07. The van der Waals surface area contributed by atoms with Crippen molar-refractivity contribution >= 4 is 43.2 Å². The van der Waals surface area contributed by atoms with Gasteiger partial charge >= 0.3 is 0 Å². The number of halogens is 2. The molecule has 0 bridgehead atoms. The van der Waals surface area contributed by atoms with Gasteiger partial charge in [-0.2, -0.15) is 0 Å². The minimum absolute atomic E-state index is 0.0358. The Balaban J connectivity index is 2.13. The lowest BCUT2D eigenvalue weighted by molar-refractivity contribution is 0.541. The molecule has 0 radical (unpaired) electrons. The summed E-state index contributed by atoms with van der Waals surface area (Å²) in [6.07, 6.45) is 2.62. The van der Waals surface area contributed by atoms with E-state index < -0.39 is 0 Å².